The number of rotatable bonds is 3. The zero-order valence-electron chi connectivity index (χ0n) is 32.8. The molecule has 10 aromatic carbocycles. The molecule has 0 heterocycles. The average Bonchev–Trinajstić information content (AvgIpc) is 3.22. The Kier molecular flexibility index (Phi) is 4.62. The van der Waals surface area contributed by atoms with Gasteiger partial charge in [0.15, 0.2) is 0 Å². The Hall–Kier alpha value is -6.24. The summed E-state index contributed by atoms with van der Waals surface area (Å²) in [5.41, 5.74) is 3.10. The second kappa shape index (κ2) is 10.7. The van der Waals surface area contributed by atoms with Gasteiger partial charge in [0.1, 0.15) is 0 Å². The molecule has 0 aliphatic carbocycles. The lowest BCUT2D eigenvalue weighted by Crippen LogP contribution is -1.93. The van der Waals surface area contributed by atoms with Crippen LogP contribution in [0.1, 0.15) is 9.60 Å². The predicted molar refractivity (Wildman–Crippen MR) is 208 cm³/mol. The van der Waals surface area contributed by atoms with Crippen LogP contribution in [0, 0.1) is 0 Å². The Morgan fingerprint density at radius 3 is 1.75 bits per heavy atom. The zero-order chi connectivity index (χ0) is 37.7. The topological polar surface area (TPSA) is 0 Å². The van der Waals surface area contributed by atoms with Crippen molar-refractivity contribution in [1.82, 2.24) is 0 Å². The highest BCUT2D eigenvalue weighted by atomic mass is 14.2. The summed E-state index contributed by atoms with van der Waals surface area (Å²) < 4.78 is 66.3. The van der Waals surface area contributed by atoms with Crippen LogP contribution < -0.4 is 0 Å². The Morgan fingerprint density at radius 2 is 0.896 bits per heavy atom. The molecular formula is C48H30. The molecule has 0 N–H and O–H groups in total. The third-order valence-corrected chi connectivity index (χ3v) is 9.63. The molecule has 0 aliphatic rings. The van der Waals surface area contributed by atoms with Gasteiger partial charge in [0.2, 0.25) is 0 Å². The van der Waals surface area contributed by atoms with E-state index in [0.717, 1.165) is 43.1 Å². The van der Waals surface area contributed by atoms with E-state index in [0.29, 0.717) is 44.2 Å². The van der Waals surface area contributed by atoms with E-state index in [2.05, 4.69) is 18.2 Å². The lowest BCUT2D eigenvalue weighted by molar-refractivity contribution is 1.66. The SMILES string of the molecule is [2H]c1c([2H])c([2H])c2c(-c3cccc4ccccc34)c3c([2H])c(-c4ccc5ccccc5c4)c([2H])c([2H])c3c(-c3ccc4c(ccc5ccccc54)c3)c2c1[2H]. The molecule has 0 bridgehead atoms. The van der Waals surface area contributed by atoms with E-state index in [1.807, 2.05) is 121 Å². The molecule has 0 heteroatoms. The van der Waals surface area contributed by atoms with Crippen molar-refractivity contribution in [2.45, 2.75) is 0 Å². The molecule has 0 nitrogen and oxygen atoms in total. The lowest BCUT2D eigenvalue weighted by Gasteiger charge is -2.20. The third kappa shape index (κ3) is 4.16. The van der Waals surface area contributed by atoms with E-state index >= 15 is 0 Å². The Morgan fingerprint density at radius 1 is 0.312 bits per heavy atom. The van der Waals surface area contributed by atoms with Crippen molar-refractivity contribution >= 4 is 64.6 Å². The number of hydrogen-bond donors (Lipinski definition) is 0. The maximum absolute atomic E-state index is 10.1. The summed E-state index contributed by atoms with van der Waals surface area (Å²) in [4.78, 5) is 0. The van der Waals surface area contributed by atoms with Crippen LogP contribution in [-0.4, -0.2) is 0 Å². The van der Waals surface area contributed by atoms with Gasteiger partial charge in [-0.2, -0.15) is 0 Å². The van der Waals surface area contributed by atoms with Gasteiger partial charge in [-0.05, 0) is 116 Å². The summed E-state index contributed by atoms with van der Waals surface area (Å²) >= 11 is 0. The largest absolute Gasteiger partial charge is 0.0636 e. The van der Waals surface area contributed by atoms with Gasteiger partial charge in [0.05, 0.1) is 9.60 Å². The van der Waals surface area contributed by atoms with Crippen LogP contribution in [-0.2, 0) is 0 Å². The number of benzene rings is 10. The highest BCUT2D eigenvalue weighted by Gasteiger charge is 2.19. The quantitative estimate of drug-likeness (QED) is 0.137. The minimum atomic E-state index is -0.384. The Labute approximate surface area is 289 Å². The van der Waals surface area contributed by atoms with E-state index in [-0.39, 0.29) is 53.1 Å². The summed E-state index contributed by atoms with van der Waals surface area (Å²) in [5, 5.41) is 9.06. The van der Waals surface area contributed by atoms with E-state index in [4.69, 9.17) is 2.74 Å². The summed E-state index contributed by atoms with van der Waals surface area (Å²) in [5.74, 6) is 0. The van der Waals surface area contributed by atoms with Gasteiger partial charge >= 0.3 is 0 Å². The standard InChI is InChI=1S/C48H30/c1-2-13-34-28-35(22-20-31(34)10-1)36-24-27-45-46(30-36)48(42-19-9-14-32-11-3-6-16-40(32)42)44-18-8-7-17-43(44)47(45)38-25-26-41-37(29-38)23-21-33-12-4-5-15-39(33)41/h1-30H/i7D,8D,17D,18D,24D,27D,30D. The van der Waals surface area contributed by atoms with Gasteiger partial charge in [0, 0.05) is 0 Å². The molecule has 48 heavy (non-hydrogen) atoms. The summed E-state index contributed by atoms with van der Waals surface area (Å²) in [6.45, 7) is 0. The fourth-order valence-corrected chi connectivity index (χ4v) is 7.38. The van der Waals surface area contributed by atoms with Crippen LogP contribution in [0.3, 0.4) is 0 Å². The fraction of sp³-hybridized carbons (Fsp3) is 0. The Bertz CT molecular complexity index is 3290. The number of fused-ring (bicyclic) bond motifs is 7. The molecule has 0 amide bonds. The Balaban J connectivity index is 1.46. The van der Waals surface area contributed by atoms with Crippen LogP contribution in [0.4, 0.5) is 0 Å². The van der Waals surface area contributed by atoms with Crippen molar-refractivity contribution in [2.75, 3.05) is 0 Å². The maximum Gasteiger partial charge on any atom is 0.0636 e. The predicted octanol–water partition coefficient (Wildman–Crippen LogP) is 13.6. The van der Waals surface area contributed by atoms with Gasteiger partial charge in [-0.3, -0.25) is 0 Å². The first-order valence-corrected chi connectivity index (χ1v) is 16.1. The van der Waals surface area contributed by atoms with E-state index < -0.39 is 0 Å². The van der Waals surface area contributed by atoms with Crippen molar-refractivity contribution in [3.8, 4) is 33.4 Å². The highest BCUT2D eigenvalue weighted by molar-refractivity contribution is 6.24. The van der Waals surface area contributed by atoms with Crippen LogP contribution in [0.2, 0.25) is 0 Å². The first-order chi connectivity index (χ1) is 26.7. The number of hydrogen-bond acceptors (Lipinski definition) is 0. The molecular weight excluding hydrogens is 577 g/mol. The molecule has 0 radical (unpaired) electrons. The molecule has 0 aromatic heterocycles. The van der Waals surface area contributed by atoms with Crippen molar-refractivity contribution in [3.05, 3.63) is 182 Å². The smallest absolute Gasteiger partial charge is 0.0616 e. The second-order valence-electron chi connectivity index (χ2n) is 12.3. The zero-order valence-corrected chi connectivity index (χ0v) is 25.8. The third-order valence-electron chi connectivity index (χ3n) is 9.63. The molecule has 222 valence electrons. The lowest BCUT2D eigenvalue weighted by atomic mass is 9.83. The molecule has 0 unspecified atom stereocenters. The minimum Gasteiger partial charge on any atom is -0.0616 e. The van der Waals surface area contributed by atoms with Crippen molar-refractivity contribution in [1.29, 1.82) is 0 Å². The van der Waals surface area contributed by atoms with E-state index in [9.17, 15) is 6.85 Å². The summed E-state index contributed by atoms with van der Waals surface area (Å²) in [6.07, 6.45) is 0. The summed E-state index contributed by atoms with van der Waals surface area (Å²) in [6, 6.07) is 44.2. The van der Waals surface area contributed by atoms with Gasteiger partial charge in [-0.1, -0.05) is 164 Å². The van der Waals surface area contributed by atoms with Gasteiger partial charge < -0.3 is 0 Å². The molecule has 10 aromatic rings. The molecule has 0 atom stereocenters. The molecule has 0 spiro atoms. The fourth-order valence-electron chi connectivity index (χ4n) is 7.38. The van der Waals surface area contributed by atoms with E-state index in [1.165, 1.54) is 0 Å². The van der Waals surface area contributed by atoms with Crippen molar-refractivity contribution in [2.24, 2.45) is 0 Å². The molecule has 0 fully saturated rings. The van der Waals surface area contributed by atoms with Crippen molar-refractivity contribution < 1.29 is 9.60 Å². The van der Waals surface area contributed by atoms with Gasteiger partial charge in [-0.15, -0.1) is 0 Å². The maximum atomic E-state index is 10.1. The highest BCUT2D eigenvalue weighted by Crippen LogP contribution is 2.47. The normalized spacial score (nSPS) is 13.8. The minimum absolute atomic E-state index is 0.0246. The monoisotopic (exact) mass is 613 g/mol. The molecule has 10 rings (SSSR count). The van der Waals surface area contributed by atoms with Gasteiger partial charge in [0.25, 0.3) is 0 Å². The molecule has 0 saturated heterocycles. The second-order valence-corrected chi connectivity index (χ2v) is 12.3. The van der Waals surface area contributed by atoms with Crippen LogP contribution in [0.25, 0.3) is 98.0 Å². The first kappa shape index (κ1) is 20.8. The van der Waals surface area contributed by atoms with Crippen molar-refractivity contribution in [3.63, 3.8) is 0 Å². The van der Waals surface area contributed by atoms with Crippen LogP contribution in [0.15, 0.2) is 182 Å². The first-order valence-electron chi connectivity index (χ1n) is 19.6. The van der Waals surface area contributed by atoms with Crippen LogP contribution >= 0.6 is 0 Å². The average molecular weight is 614 g/mol. The molecule has 0 aliphatic heterocycles. The van der Waals surface area contributed by atoms with Gasteiger partial charge in [-0.25, -0.2) is 0 Å². The molecule has 0 saturated carbocycles. The van der Waals surface area contributed by atoms with E-state index in [1.54, 1.807) is 0 Å². The summed E-state index contributed by atoms with van der Waals surface area (Å²) in [7, 11) is 0. The van der Waals surface area contributed by atoms with Crippen LogP contribution in [0.5, 0.6) is 0 Å².